The summed E-state index contributed by atoms with van der Waals surface area (Å²) in [5, 5.41) is 5.56. The van der Waals surface area contributed by atoms with Crippen molar-refractivity contribution in [3.05, 3.63) is 15.7 Å². The zero-order valence-electron chi connectivity index (χ0n) is 3.28. The van der Waals surface area contributed by atoms with Gasteiger partial charge < -0.3 is 0 Å². The number of rotatable bonds is 0. The highest BCUT2D eigenvalue weighted by Crippen LogP contribution is 2.03. The van der Waals surface area contributed by atoms with Crippen molar-refractivity contribution < 1.29 is 4.39 Å². The zero-order chi connectivity index (χ0) is 5.28. The highest BCUT2D eigenvalue weighted by atomic mass is 127. The van der Waals surface area contributed by atoms with Crippen molar-refractivity contribution in [1.29, 1.82) is 0 Å². The number of halogens is 2. The molecule has 0 aliphatic heterocycles. The molecule has 0 aliphatic rings. The molecule has 7 heavy (non-hydrogen) atoms. The van der Waals surface area contributed by atoms with E-state index in [1.807, 2.05) is 22.6 Å². The quantitative estimate of drug-likeness (QED) is 0.642. The highest BCUT2D eigenvalue weighted by Gasteiger charge is 1.94. The molecule has 1 aromatic heterocycles. The molecular weight excluding hydrogens is 210 g/mol. The average Bonchev–Trinajstić information content (AvgIpc) is 1.91. The summed E-state index contributed by atoms with van der Waals surface area (Å²) in [5.41, 5.74) is 0. The molecule has 0 aliphatic carbocycles. The van der Waals surface area contributed by atoms with Crippen LogP contribution in [0.25, 0.3) is 0 Å². The van der Waals surface area contributed by atoms with Crippen LogP contribution < -0.4 is 0 Å². The normalized spacial score (nSPS) is 9.43. The van der Waals surface area contributed by atoms with E-state index >= 15 is 0 Å². The maximum atomic E-state index is 12.0. The lowest BCUT2D eigenvalue weighted by Crippen LogP contribution is -1.71. The fraction of sp³-hybridized carbons (Fsp3) is 0. The topological polar surface area (TPSA) is 28.7 Å². The Bertz CT molecular complexity index is 145. The Kier molecular flexibility index (Phi) is 1.27. The molecule has 0 spiro atoms. The molecule has 1 heterocycles. The first-order valence-corrected chi connectivity index (χ1v) is 2.73. The molecule has 1 N–H and O–H groups in total. The van der Waals surface area contributed by atoms with Crippen molar-refractivity contribution in [3.8, 4) is 0 Å². The molecule has 38 valence electrons. The van der Waals surface area contributed by atoms with E-state index < -0.39 is 0 Å². The molecule has 0 saturated heterocycles. The van der Waals surface area contributed by atoms with Crippen LogP contribution in [-0.2, 0) is 0 Å². The van der Waals surface area contributed by atoms with Crippen molar-refractivity contribution in [2.75, 3.05) is 0 Å². The fourth-order valence-electron chi connectivity index (χ4n) is 0.256. The van der Waals surface area contributed by atoms with Gasteiger partial charge >= 0.3 is 0 Å². The lowest BCUT2D eigenvalue weighted by molar-refractivity contribution is 0.573. The number of nitrogens with one attached hydrogen (secondary N) is 1. The molecule has 0 radical (unpaired) electrons. The number of hydrogen-bond donors (Lipinski definition) is 1. The Hall–Kier alpha value is -0.130. The van der Waals surface area contributed by atoms with E-state index in [1.165, 1.54) is 6.20 Å². The minimum absolute atomic E-state index is 0.361. The molecule has 0 fully saturated rings. The number of H-pyrrole nitrogens is 1. The van der Waals surface area contributed by atoms with E-state index in [9.17, 15) is 4.39 Å². The number of hydrogen-bond acceptors (Lipinski definition) is 1. The molecule has 0 atom stereocenters. The first-order chi connectivity index (χ1) is 3.30. The Morgan fingerprint density at radius 2 is 2.57 bits per heavy atom. The van der Waals surface area contributed by atoms with Gasteiger partial charge in [0, 0.05) is 0 Å². The number of nitrogens with zero attached hydrogens (tertiary/aromatic N) is 1. The van der Waals surface area contributed by atoms with Crippen LogP contribution in [0, 0.1) is 9.52 Å². The predicted octanol–water partition coefficient (Wildman–Crippen LogP) is 1.15. The molecule has 2 nitrogen and oxygen atoms in total. The van der Waals surface area contributed by atoms with Crippen LogP contribution in [0.3, 0.4) is 0 Å². The second-order valence-electron chi connectivity index (χ2n) is 1.03. The van der Waals surface area contributed by atoms with Gasteiger partial charge in [0.2, 0.25) is 5.95 Å². The average molecular weight is 212 g/mol. The Morgan fingerprint density at radius 1 is 1.86 bits per heavy atom. The second-order valence-corrected chi connectivity index (χ2v) is 2.19. The zero-order valence-corrected chi connectivity index (χ0v) is 5.44. The minimum atomic E-state index is -0.361. The largest absolute Gasteiger partial charge is 0.252 e. The van der Waals surface area contributed by atoms with Crippen molar-refractivity contribution in [1.82, 2.24) is 10.2 Å². The van der Waals surface area contributed by atoms with Gasteiger partial charge in [0.05, 0.1) is 9.77 Å². The summed E-state index contributed by atoms with van der Waals surface area (Å²) in [6, 6.07) is 0. The highest BCUT2D eigenvalue weighted by molar-refractivity contribution is 14.1. The van der Waals surface area contributed by atoms with Crippen LogP contribution in [0.15, 0.2) is 6.20 Å². The SMILES string of the molecule is Fc1[nH]ncc1I. The van der Waals surface area contributed by atoms with Crippen LogP contribution in [-0.4, -0.2) is 10.2 Å². The van der Waals surface area contributed by atoms with Crippen LogP contribution in [0.1, 0.15) is 0 Å². The van der Waals surface area contributed by atoms with Crippen molar-refractivity contribution in [3.63, 3.8) is 0 Å². The molecule has 0 unspecified atom stereocenters. The second kappa shape index (κ2) is 1.77. The van der Waals surface area contributed by atoms with E-state index in [-0.39, 0.29) is 5.95 Å². The van der Waals surface area contributed by atoms with Gasteiger partial charge in [0.25, 0.3) is 0 Å². The van der Waals surface area contributed by atoms with Gasteiger partial charge in [0.15, 0.2) is 0 Å². The summed E-state index contributed by atoms with van der Waals surface area (Å²) in [6.07, 6.45) is 1.43. The van der Waals surface area contributed by atoms with Gasteiger partial charge in [-0.15, -0.1) is 0 Å². The number of aromatic nitrogens is 2. The lowest BCUT2D eigenvalue weighted by Gasteiger charge is -1.71. The fourth-order valence-corrected chi connectivity index (χ4v) is 0.516. The van der Waals surface area contributed by atoms with Crippen LogP contribution in [0.4, 0.5) is 4.39 Å². The van der Waals surface area contributed by atoms with Gasteiger partial charge in [-0.3, -0.25) is 5.10 Å². The molecule has 0 bridgehead atoms. The summed E-state index contributed by atoms with van der Waals surface area (Å²) >= 11 is 1.85. The molecule has 4 heteroatoms. The van der Waals surface area contributed by atoms with Gasteiger partial charge in [-0.2, -0.15) is 9.49 Å². The van der Waals surface area contributed by atoms with Gasteiger partial charge in [-0.1, -0.05) is 0 Å². The Morgan fingerprint density at radius 3 is 2.71 bits per heavy atom. The summed E-state index contributed by atoms with van der Waals surface area (Å²) in [4.78, 5) is 0. The third kappa shape index (κ3) is 0.902. The predicted molar refractivity (Wildman–Crippen MR) is 31.3 cm³/mol. The summed E-state index contributed by atoms with van der Waals surface area (Å²) in [5.74, 6) is -0.361. The third-order valence-electron chi connectivity index (χ3n) is 0.550. The van der Waals surface area contributed by atoms with Gasteiger partial charge in [-0.05, 0) is 22.6 Å². The lowest BCUT2D eigenvalue weighted by atomic mass is 10.7. The van der Waals surface area contributed by atoms with Gasteiger partial charge in [0.1, 0.15) is 0 Å². The third-order valence-corrected chi connectivity index (χ3v) is 1.30. The maximum Gasteiger partial charge on any atom is 0.222 e. The smallest absolute Gasteiger partial charge is 0.222 e. The molecule has 1 aromatic rings. The maximum absolute atomic E-state index is 12.0. The van der Waals surface area contributed by atoms with E-state index in [1.54, 1.807) is 0 Å². The van der Waals surface area contributed by atoms with E-state index in [0.29, 0.717) is 3.57 Å². The first-order valence-electron chi connectivity index (χ1n) is 1.65. The summed E-state index contributed by atoms with van der Waals surface area (Å²) in [7, 11) is 0. The van der Waals surface area contributed by atoms with Crippen LogP contribution >= 0.6 is 22.6 Å². The standard InChI is InChI=1S/C3H2FIN2/c4-3-2(5)1-6-7-3/h1H,(H,6,7). The number of aromatic amines is 1. The monoisotopic (exact) mass is 212 g/mol. The Balaban J connectivity index is 3.12. The molecule has 0 aromatic carbocycles. The van der Waals surface area contributed by atoms with Crippen molar-refractivity contribution in [2.45, 2.75) is 0 Å². The molecule has 1 rings (SSSR count). The Labute approximate surface area is 53.3 Å². The van der Waals surface area contributed by atoms with E-state index in [4.69, 9.17) is 0 Å². The summed E-state index contributed by atoms with van der Waals surface area (Å²) < 4.78 is 12.5. The molecular formula is C3H2FIN2. The van der Waals surface area contributed by atoms with Crippen LogP contribution in [0.5, 0.6) is 0 Å². The van der Waals surface area contributed by atoms with Gasteiger partial charge in [-0.25, -0.2) is 0 Å². The summed E-state index contributed by atoms with van der Waals surface area (Å²) in [6.45, 7) is 0. The van der Waals surface area contributed by atoms with E-state index in [0.717, 1.165) is 0 Å². The van der Waals surface area contributed by atoms with Crippen LogP contribution in [0.2, 0.25) is 0 Å². The van der Waals surface area contributed by atoms with E-state index in [2.05, 4.69) is 10.2 Å². The van der Waals surface area contributed by atoms with Crippen molar-refractivity contribution in [2.24, 2.45) is 0 Å². The van der Waals surface area contributed by atoms with Crippen molar-refractivity contribution >= 4 is 22.6 Å². The first kappa shape index (κ1) is 5.02. The molecule has 0 amide bonds. The molecule has 0 saturated carbocycles. The minimum Gasteiger partial charge on any atom is -0.252 e.